The van der Waals surface area contributed by atoms with Crippen LogP contribution in [0.3, 0.4) is 0 Å². The molecule has 0 aliphatic carbocycles. The van der Waals surface area contributed by atoms with E-state index in [0.29, 0.717) is 0 Å². The van der Waals surface area contributed by atoms with Gasteiger partial charge in [-0.1, -0.05) is 0 Å². The van der Waals surface area contributed by atoms with Crippen molar-refractivity contribution < 1.29 is 8.42 Å². The van der Waals surface area contributed by atoms with Gasteiger partial charge in [-0.05, 0) is 64.7 Å². The standard InChI is InChI=1S/C14H29N3O2S.ClH/c1-3-20(18,19)16(2)14-6-10-17(11-7-14)12-13-4-8-15-9-5-13;/h13-15H,3-12H2,1-2H3;1H. The normalized spacial score (nSPS) is 23.2. The number of rotatable bonds is 5. The van der Waals surface area contributed by atoms with E-state index in [9.17, 15) is 8.42 Å². The molecule has 0 radical (unpaired) electrons. The van der Waals surface area contributed by atoms with Gasteiger partial charge >= 0.3 is 0 Å². The second kappa shape index (κ2) is 8.67. The molecule has 2 heterocycles. The largest absolute Gasteiger partial charge is 0.317 e. The van der Waals surface area contributed by atoms with Crippen LogP contribution in [0, 0.1) is 5.92 Å². The summed E-state index contributed by atoms with van der Waals surface area (Å²) < 4.78 is 25.4. The fraction of sp³-hybridized carbons (Fsp3) is 1.00. The van der Waals surface area contributed by atoms with Crippen molar-refractivity contribution in [2.24, 2.45) is 5.92 Å². The van der Waals surface area contributed by atoms with Gasteiger partial charge in [0.25, 0.3) is 0 Å². The Morgan fingerprint density at radius 3 is 2.24 bits per heavy atom. The Hall–Kier alpha value is 0.120. The molecule has 2 rings (SSSR count). The van der Waals surface area contributed by atoms with Crippen LogP contribution in [0.15, 0.2) is 0 Å². The summed E-state index contributed by atoms with van der Waals surface area (Å²) in [5.41, 5.74) is 0. The first kappa shape index (κ1) is 19.2. The topological polar surface area (TPSA) is 52.7 Å². The SMILES string of the molecule is CCS(=O)(=O)N(C)C1CCN(CC2CCNCC2)CC1.Cl. The number of halogens is 1. The first-order valence-corrected chi connectivity index (χ1v) is 9.52. The van der Waals surface area contributed by atoms with E-state index in [1.54, 1.807) is 18.3 Å². The molecule has 0 aromatic carbocycles. The van der Waals surface area contributed by atoms with Crippen LogP contribution < -0.4 is 5.32 Å². The Bertz CT molecular complexity index is 391. The lowest BCUT2D eigenvalue weighted by Gasteiger charge is -2.38. The van der Waals surface area contributed by atoms with E-state index in [1.807, 2.05) is 0 Å². The summed E-state index contributed by atoms with van der Waals surface area (Å²) in [5, 5.41) is 3.41. The van der Waals surface area contributed by atoms with Gasteiger partial charge in [-0.25, -0.2) is 12.7 Å². The van der Waals surface area contributed by atoms with Crippen molar-refractivity contribution >= 4 is 22.4 Å². The Morgan fingerprint density at radius 2 is 1.71 bits per heavy atom. The van der Waals surface area contributed by atoms with Crippen LogP contribution in [-0.4, -0.2) is 69.2 Å². The molecular weight excluding hydrogens is 310 g/mol. The van der Waals surface area contributed by atoms with E-state index in [1.165, 1.54) is 19.4 Å². The van der Waals surface area contributed by atoms with E-state index >= 15 is 0 Å². The van der Waals surface area contributed by atoms with Gasteiger partial charge in [0.05, 0.1) is 5.75 Å². The number of hydrogen-bond acceptors (Lipinski definition) is 4. The van der Waals surface area contributed by atoms with Crippen LogP contribution in [0.25, 0.3) is 0 Å². The van der Waals surface area contributed by atoms with Crippen LogP contribution in [0.2, 0.25) is 0 Å². The fourth-order valence-corrected chi connectivity index (χ4v) is 4.40. The van der Waals surface area contributed by atoms with Crippen molar-refractivity contribution in [3.8, 4) is 0 Å². The summed E-state index contributed by atoms with van der Waals surface area (Å²) in [6, 6.07) is 0.198. The Kier molecular flexibility index (Phi) is 7.92. The van der Waals surface area contributed by atoms with E-state index < -0.39 is 10.0 Å². The lowest BCUT2D eigenvalue weighted by Crippen LogP contribution is -2.47. The summed E-state index contributed by atoms with van der Waals surface area (Å²) in [6.45, 7) is 7.30. The van der Waals surface area contributed by atoms with E-state index in [4.69, 9.17) is 0 Å². The highest BCUT2D eigenvalue weighted by Gasteiger charge is 2.29. The second-order valence-electron chi connectivity index (χ2n) is 6.14. The first-order chi connectivity index (χ1) is 9.53. The lowest BCUT2D eigenvalue weighted by molar-refractivity contribution is 0.140. The third-order valence-corrected chi connectivity index (χ3v) is 6.76. The highest BCUT2D eigenvalue weighted by atomic mass is 35.5. The highest BCUT2D eigenvalue weighted by molar-refractivity contribution is 7.89. The molecular formula is C14H30ClN3O2S. The van der Waals surface area contributed by atoms with Gasteiger partial charge in [-0.15, -0.1) is 12.4 Å². The van der Waals surface area contributed by atoms with Gasteiger partial charge in [0.2, 0.25) is 10.0 Å². The number of piperidine rings is 2. The van der Waals surface area contributed by atoms with Crippen molar-refractivity contribution in [3.05, 3.63) is 0 Å². The monoisotopic (exact) mass is 339 g/mol. The maximum Gasteiger partial charge on any atom is 0.213 e. The molecule has 5 nitrogen and oxygen atoms in total. The second-order valence-corrected chi connectivity index (χ2v) is 8.46. The highest BCUT2D eigenvalue weighted by Crippen LogP contribution is 2.21. The molecule has 2 saturated heterocycles. The number of sulfonamides is 1. The zero-order valence-corrected chi connectivity index (χ0v) is 14.9. The molecule has 7 heteroatoms. The molecule has 0 aromatic heterocycles. The van der Waals surface area contributed by atoms with Crippen LogP contribution in [0.5, 0.6) is 0 Å². The molecule has 2 fully saturated rings. The van der Waals surface area contributed by atoms with Gasteiger partial charge in [0, 0.05) is 19.6 Å². The Labute approximate surface area is 135 Å². The number of hydrogen-bond donors (Lipinski definition) is 1. The number of nitrogens with zero attached hydrogens (tertiary/aromatic N) is 2. The van der Waals surface area contributed by atoms with Crippen molar-refractivity contribution in [1.29, 1.82) is 0 Å². The van der Waals surface area contributed by atoms with Gasteiger partial charge in [0.15, 0.2) is 0 Å². The molecule has 2 aliphatic heterocycles. The molecule has 0 aromatic rings. The molecule has 126 valence electrons. The third-order valence-electron chi connectivity index (χ3n) is 4.85. The lowest BCUT2D eigenvalue weighted by atomic mass is 9.96. The molecule has 0 saturated carbocycles. The minimum Gasteiger partial charge on any atom is -0.317 e. The predicted molar refractivity (Wildman–Crippen MR) is 89.5 cm³/mol. The van der Waals surface area contributed by atoms with Crippen LogP contribution in [0.1, 0.15) is 32.6 Å². The quantitative estimate of drug-likeness (QED) is 0.816. The van der Waals surface area contributed by atoms with Crippen LogP contribution in [0.4, 0.5) is 0 Å². The van der Waals surface area contributed by atoms with Crippen LogP contribution in [-0.2, 0) is 10.0 Å². The van der Waals surface area contributed by atoms with Crippen molar-refractivity contribution in [2.45, 2.75) is 38.6 Å². The van der Waals surface area contributed by atoms with Crippen molar-refractivity contribution in [3.63, 3.8) is 0 Å². The van der Waals surface area contributed by atoms with Gasteiger partial charge < -0.3 is 10.2 Å². The zero-order chi connectivity index (χ0) is 14.6. The molecule has 0 spiro atoms. The van der Waals surface area contributed by atoms with Crippen molar-refractivity contribution in [1.82, 2.24) is 14.5 Å². The smallest absolute Gasteiger partial charge is 0.213 e. The number of likely N-dealkylation sites (tertiary alicyclic amines) is 1. The number of nitrogens with one attached hydrogen (secondary N) is 1. The minimum absolute atomic E-state index is 0. The third kappa shape index (κ3) is 5.36. The summed E-state index contributed by atoms with van der Waals surface area (Å²) in [5.74, 6) is 1.03. The molecule has 0 atom stereocenters. The summed E-state index contributed by atoms with van der Waals surface area (Å²) in [6.07, 6.45) is 4.51. The molecule has 2 aliphatic rings. The average molecular weight is 340 g/mol. The predicted octanol–water partition coefficient (Wildman–Crippen LogP) is 1.15. The van der Waals surface area contributed by atoms with E-state index in [2.05, 4.69) is 10.2 Å². The maximum absolute atomic E-state index is 11.9. The summed E-state index contributed by atoms with van der Waals surface area (Å²) >= 11 is 0. The molecule has 21 heavy (non-hydrogen) atoms. The molecule has 1 N–H and O–H groups in total. The van der Waals surface area contributed by atoms with Gasteiger partial charge in [-0.2, -0.15) is 0 Å². The molecule has 0 unspecified atom stereocenters. The van der Waals surface area contributed by atoms with E-state index in [-0.39, 0.29) is 24.2 Å². The van der Waals surface area contributed by atoms with Crippen molar-refractivity contribution in [2.75, 3.05) is 45.5 Å². The molecule has 0 amide bonds. The first-order valence-electron chi connectivity index (χ1n) is 7.91. The van der Waals surface area contributed by atoms with Gasteiger partial charge in [0.1, 0.15) is 0 Å². The Balaban J connectivity index is 0.00000220. The molecule has 0 bridgehead atoms. The minimum atomic E-state index is -3.04. The van der Waals surface area contributed by atoms with Crippen LogP contribution >= 0.6 is 12.4 Å². The van der Waals surface area contributed by atoms with Gasteiger partial charge in [-0.3, -0.25) is 0 Å². The Morgan fingerprint density at radius 1 is 1.14 bits per heavy atom. The fourth-order valence-electron chi connectivity index (χ4n) is 3.33. The van der Waals surface area contributed by atoms with E-state index in [0.717, 1.165) is 44.9 Å². The average Bonchev–Trinajstić information content (AvgIpc) is 2.48. The summed E-state index contributed by atoms with van der Waals surface area (Å²) in [4.78, 5) is 2.53. The zero-order valence-electron chi connectivity index (χ0n) is 13.3. The summed E-state index contributed by atoms with van der Waals surface area (Å²) in [7, 11) is -1.29. The maximum atomic E-state index is 11.9.